The van der Waals surface area contributed by atoms with Gasteiger partial charge in [0.1, 0.15) is 5.75 Å². The maximum atomic E-state index is 11.8. The molecule has 0 bridgehead atoms. The number of hydrogen-bond acceptors (Lipinski definition) is 4. The molecule has 2 aliphatic rings. The normalized spacial score (nSPS) is 22.0. The lowest BCUT2D eigenvalue weighted by Crippen LogP contribution is -2.42. The Balaban J connectivity index is 1.50. The minimum absolute atomic E-state index is 0.0512. The minimum atomic E-state index is -0.0512. The number of aliphatic imine (C=N–C) groups is 1. The first-order valence-electron chi connectivity index (χ1n) is 10.2. The Hall–Kier alpha value is -1.89. The third-order valence-corrected chi connectivity index (χ3v) is 6.13. The summed E-state index contributed by atoms with van der Waals surface area (Å²) < 4.78 is 5.63. The topological polar surface area (TPSA) is 74.8 Å². The van der Waals surface area contributed by atoms with Gasteiger partial charge in [0.2, 0.25) is 0 Å². The van der Waals surface area contributed by atoms with E-state index in [1.807, 2.05) is 36.0 Å². The zero-order valence-electron chi connectivity index (χ0n) is 16.9. The number of carbonyl (C=O) groups is 1. The van der Waals surface area contributed by atoms with Crippen LogP contribution in [0.4, 0.5) is 0 Å². The molecule has 0 aromatic heterocycles. The van der Waals surface area contributed by atoms with Gasteiger partial charge in [0.05, 0.1) is 6.54 Å². The van der Waals surface area contributed by atoms with Crippen LogP contribution < -0.4 is 20.7 Å². The summed E-state index contributed by atoms with van der Waals surface area (Å²) in [5, 5.41) is 10.6. The molecule has 7 heteroatoms. The summed E-state index contributed by atoms with van der Waals surface area (Å²) in [6.45, 7) is 3.55. The van der Waals surface area contributed by atoms with E-state index in [1.54, 1.807) is 0 Å². The van der Waals surface area contributed by atoms with Crippen molar-refractivity contribution in [2.24, 2.45) is 4.99 Å². The van der Waals surface area contributed by atoms with E-state index in [2.05, 4.69) is 29.1 Å². The SMILES string of the molecule is CCNC(=NCc1cccc(OCC(=O)NC2CC2)c1)NC1CCC(SC)C1. The summed E-state index contributed by atoms with van der Waals surface area (Å²) in [5.74, 6) is 1.52. The van der Waals surface area contributed by atoms with Gasteiger partial charge >= 0.3 is 0 Å². The number of benzene rings is 1. The molecule has 154 valence electrons. The standard InChI is InChI=1S/C21H32N4O2S/c1-3-22-21(25-17-9-10-19(12-17)28-2)23-13-15-5-4-6-18(11-15)27-14-20(26)24-16-7-8-16/h4-6,11,16-17,19H,3,7-10,12-14H2,1-2H3,(H,24,26)(H2,22,23,25). The zero-order valence-corrected chi connectivity index (χ0v) is 17.7. The second-order valence-corrected chi connectivity index (χ2v) is 8.62. The van der Waals surface area contributed by atoms with E-state index >= 15 is 0 Å². The zero-order chi connectivity index (χ0) is 19.8. The Morgan fingerprint density at radius 1 is 1.21 bits per heavy atom. The molecule has 0 spiro atoms. The Bertz CT molecular complexity index is 678. The maximum Gasteiger partial charge on any atom is 0.258 e. The van der Waals surface area contributed by atoms with Crippen molar-refractivity contribution in [3.05, 3.63) is 29.8 Å². The molecule has 28 heavy (non-hydrogen) atoms. The fourth-order valence-corrected chi connectivity index (χ4v) is 4.15. The summed E-state index contributed by atoms with van der Waals surface area (Å²) in [4.78, 5) is 16.5. The van der Waals surface area contributed by atoms with Gasteiger partial charge < -0.3 is 20.7 Å². The quantitative estimate of drug-likeness (QED) is 0.436. The van der Waals surface area contributed by atoms with Crippen molar-refractivity contribution in [2.75, 3.05) is 19.4 Å². The van der Waals surface area contributed by atoms with Gasteiger partial charge in [-0.3, -0.25) is 4.79 Å². The molecule has 2 aliphatic carbocycles. The van der Waals surface area contributed by atoms with Gasteiger partial charge in [-0.2, -0.15) is 11.8 Å². The predicted molar refractivity (Wildman–Crippen MR) is 116 cm³/mol. The average molecular weight is 405 g/mol. The van der Waals surface area contributed by atoms with Crippen molar-refractivity contribution in [3.8, 4) is 5.75 Å². The van der Waals surface area contributed by atoms with E-state index in [-0.39, 0.29) is 12.5 Å². The molecule has 1 aromatic rings. The van der Waals surface area contributed by atoms with Crippen molar-refractivity contribution in [2.45, 2.75) is 62.9 Å². The second kappa shape index (κ2) is 10.6. The highest BCUT2D eigenvalue weighted by molar-refractivity contribution is 7.99. The molecule has 3 rings (SSSR count). The van der Waals surface area contributed by atoms with E-state index < -0.39 is 0 Å². The summed E-state index contributed by atoms with van der Waals surface area (Å²) in [5.41, 5.74) is 1.06. The highest BCUT2D eigenvalue weighted by Gasteiger charge is 2.24. The van der Waals surface area contributed by atoms with E-state index in [0.717, 1.165) is 36.2 Å². The number of guanidine groups is 1. The maximum absolute atomic E-state index is 11.8. The third-order valence-electron chi connectivity index (χ3n) is 5.03. The summed E-state index contributed by atoms with van der Waals surface area (Å²) in [6.07, 6.45) is 8.02. The van der Waals surface area contributed by atoms with E-state index in [0.29, 0.717) is 24.4 Å². The lowest BCUT2D eigenvalue weighted by Gasteiger charge is -2.17. The van der Waals surface area contributed by atoms with E-state index in [9.17, 15) is 4.79 Å². The second-order valence-electron chi connectivity index (χ2n) is 7.49. The first kappa shape index (κ1) is 20.8. The number of nitrogens with zero attached hydrogens (tertiary/aromatic N) is 1. The van der Waals surface area contributed by atoms with Gasteiger partial charge in [-0.25, -0.2) is 4.99 Å². The van der Waals surface area contributed by atoms with Crippen LogP contribution in [0, 0.1) is 0 Å². The molecule has 3 N–H and O–H groups in total. The number of amides is 1. The van der Waals surface area contributed by atoms with E-state index in [1.165, 1.54) is 19.3 Å². The number of carbonyl (C=O) groups excluding carboxylic acids is 1. The van der Waals surface area contributed by atoms with Crippen LogP contribution in [-0.2, 0) is 11.3 Å². The third kappa shape index (κ3) is 6.93. The van der Waals surface area contributed by atoms with Crippen molar-refractivity contribution < 1.29 is 9.53 Å². The van der Waals surface area contributed by atoms with Crippen LogP contribution in [0.5, 0.6) is 5.75 Å². The highest BCUT2D eigenvalue weighted by Crippen LogP contribution is 2.28. The molecule has 1 amide bonds. The van der Waals surface area contributed by atoms with E-state index in [4.69, 9.17) is 9.73 Å². The Labute approximate surface area is 172 Å². The molecular weight excluding hydrogens is 372 g/mol. The largest absolute Gasteiger partial charge is 0.484 e. The summed E-state index contributed by atoms with van der Waals surface area (Å²) in [6, 6.07) is 8.66. The van der Waals surface area contributed by atoms with Crippen LogP contribution >= 0.6 is 11.8 Å². The molecule has 2 unspecified atom stereocenters. The van der Waals surface area contributed by atoms with Gasteiger partial charge in [-0.05, 0) is 63.0 Å². The molecule has 0 radical (unpaired) electrons. The number of ether oxygens (including phenoxy) is 1. The number of nitrogens with one attached hydrogen (secondary N) is 3. The van der Waals surface area contributed by atoms with Gasteiger partial charge in [0, 0.05) is 23.9 Å². The fourth-order valence-electron chi connectivity index (χ4n) is 3.35. The Kier molecular flexibility index (Phi) is 7.89. The first-order valence-corrected chi connectivity index (χ1v) is 11.5. The molecule has 2 atom stereocenters. The number of thioether (sulfide) groups is 1. The minimum Gasteiger partial charge on any atom is -0.484 e. The van der Waals surface area contributed by atoms with Crippen LogP contribution in [-0.4, -0.2) is 48.6 Å². The van der Waals surface area contributed by atoms with Crippen LogP contribution in [0.1, 0.15) is 44.6 Å². The highest BCUT2D eigenvalue weighted by atomic mass is 32.2. The predicted octanol–water partition coefficient (Wildman–Crippen LogP) is 2.68. The number of hydrogen-bond donors (Lipinski definition) is 3. The molecule has 2 fully saturated rings. The molecule has 0 heterocycles. The van der Waals surface area contributed by atoms with Crippen molar-refractivity contribution in [1.82, 2.24) is 16.0 Å². The molecular formula is C21H32N4O2S. The van der Waals surface area contributed by atoms with Crippen molar-refractivity contribution in [1.29, 1.82) is 0 Å². The van der Waals surface area contributed by atoms with Crippen LogP contribution in [0.25, 0.3) is 0 Å². The molecule has 6 nitrogen and oxygen atoms in total. The lowest BCUT2D eigenvalue weighted by molar-refractivity contribution is -0.123. The van der Waals surface area contributed by atoms with Crippen molar-refractivity contribution in [3.63, 3.8) is 0 Å². The van der Waals surface area contributed by atoms with Crippen LogP contribution in [0.3, 0.4) is 0 Å². The smallest absolute Gasteiger partial charge is 0.258 e. The van der Waals surface area contributed by atoms with Gasteiger partial charge in [-0.1, -0.05) is 12.1 Å². The Morgan fingerprint density at radius 2 is 2.04 bits per heavy atom. The lowest BCUT2D eigenvalue weighted by atomic mass is 10.2. The van der Waals surface area contributed by atoms with Crippen LogP contribution in [0.15, 0.2) is 29.3 Å². The van der Waals surface area contributed by atoms with Crippen molar-refractivity contribution >= 4 is 23.6 Å². The molecule has 1 aromatic carbocycles. The molecule has 0 saturated heterocycles. The summed E-state index contributed by atoms with van der Waals surface area (Å²) >= 11 is 1.96. The first-order chi connectivity index (χ1) is 13.7. The number of rotatable bonds is 9. The fraction of sp³-hybridized carbons (Fsp3) is 0.619. The van der Waals surface area contributed by atoms with Gasteiger partial charge in [0.25, 0.3) is 5.91 Å². The van der Waals surface area contributed by atoms with Gasteiger partial charge in [0.15, 0.2) is 12.6 Å². The molecule has 0 aliphatic heterocycles. The van der Waals surface area contributed by atoms with Gasteiger partial charge in [-0.15, -0.1) is 0 Å². The average Bonchev–Trinajstić information content (AvgIpc) is 3.40. The summed E-state index contributed by atoms with van der Waals surface area (Å²) in [7, 11) is 0. The monoisotopic (exact) mass is 404 g/mol. The van der Waals surface area contributed by atoms with Crippen LogP contribution in [0.2, 0.25) is 0 Å². The Morgan fingerprint density at radius 3 is 2.75 bits per heavy atom. The molecule has 2 saturated carbocycles.